The Morgan fingerprint density at radius 2 is 2.10 bits per heavy atom. The molecule has 0 spiro atoms. The van der Waals surface area contributed by atoms with Crippen molar-refractivity contribution in [2.24, 2.45) is 0 Å². The summed E-state index contributed by atoms with van der Waals surface area (Å²) in [5, 5.41) is 3.40. The van der Waals surface area contributed by atoms with Gasteiger partial charge in [-0.1, -0.05) is 11.6 Å². The second-order valence-electron chi connectivity index (χ2n) is 5.75. The summed E-state index contributed by atoms with van der Waals surface area (Å²) in [6.07, 6.45) is 3.47. The van der Waals surface area contributed by atoms with E-state index in [1.54, 1.807) is 18.2 Å². The average Bonchev–Trinajstić information content (AvgIpc) is 2.79. The van der Waals surface area contributed by atoms with Crippen LogP contribution >= 0.6 is 11.6 Å². The summed E-state index contributed by atoms with van der Waals surface area (Å²) in [6, 6.07) is 5.08. The molecule has 1 aromatic rings. The summed E-state index contributed by atoms with van der Waals surface area (Å²) in [4.78, 5) is 14.3. The van der Waals surface area contributed by atoms with Gasteiger partial charge in [-0.3, -0.25) is 9.69 Å². The van der Waals surface area contributed by atoms with Crippen molar-refractivity contribution in [3.63, 3.8) is 0 Å². The number of benzene rings is 1. The fraction of sp³-hybridized carbons (Fsp3) is 0.533. The van der Waals surface area contributed by atoms with Crippen molar-refractivity contribution in [2.45, 2.75) is 31.5 Å². The number of carbonyl (C=O) groups is 1. The first kappa shape index (κ1) is 14.6. The lowest BCUT2D eigenvalue weighted by Crippen LogP contribution is -2.43. The summed E-state index contributed by atoms with van der Waals surface area (Å²) in [5.41, 5.74) is 6.93. The van der Waals surface area contributed by atoms with Crippen LogP contribution in [0.1, 0.15) is 19.3 Å². The van der Waals surface area contributed by atoms with Gasteiger partial charge in [-0.15, -0.1) is 0 Å². The highest BCUT2D eigenvalue weighted by Gasteiger charge is 2.33. The fourth-order valence-corrected chi connectivity index (χ4v) is 3.18. The van der Waals surface area contributed by atoms with Crippen molar-refractivity contribution in [3.05, 3.63) is 23.2 Å². The Hall–Kier alpha value is -1.30. The van der Waals surface area contributed by atoms with Crippen LogP contribution in [0.2, 0.25) is 5.02 Å². The summed E-state index contributed by atoms with van der Waals surface area (Å²) in [6.45, 7) is 2.63. The topological polar surface area (TPSA) is 67.6 Å². The summed E-state index contributed by atoms with van der Waals surface area (Å²) in [5.74, 6) is -0.0251. The number of morpholine rings is 1. The monoisotopic (exact) mass is 309 g/mol. The zero-order valence-electron chi connectivity index (χ0n) is 11.8. The number of likely N-dealkylation sites (tertiary alicyclic amines) is 1. The lowest BCUT2D eigenvalue weighted by atomic mass is 10.2. The number of ether oxygens (including phenoxy) is 1. The first-order valence-corrected chi connectivity index (χ1v) is 7.70. The van der Waals surface area contributed by atoms with Crippen molar-refractivity contribution < 1.29 is 9.53 Å². The number of nitrogens with zero attached hydrogens (tertiary/aromatic N) is 1. The van der Waals surface area contributed by atoms with E-state index in [-0.39, 0.29) is 5.91 Å². The van der Waals surface area contributed by atoms with Crippen LogP contribution in [0, 0.1) is 0 Å². The molecule has 0 aliphatic carbocycles. The lowest BCUT2D eigenvalue weighted by Gasteiger charge is -2.31. The number of nitrogens with two attached hydrogens (primary N) is 1. The molecule has 1 amide bonds. The van der Waals surface area contributed by atoms with Crippen LogP contribution in [0.25, 0.3) is 0 Å². The van der Waals surface area contributed by atoms with Gasteiger partial charge in [-0.2, -0.15) is 0 Å². The SMILES string of the molecule is Nc1cc(Cl)ccc1NC(=O)CCN1CC2CCC(C1)O2. The number of halogens is 1. The Bertz CT molecular complexity index is 526. The third kappa shape index (κ3) is 3.67. The van der Waals surface area contributed by atoms with Gasteiger partial charge >= 0.3 is 0 Å². The Kier molecular flexibility index (Phi) is 4.33. The highest BCUT2D eigenvalue weighted by molar-refractivity contribution is 6.31. The van der Waals surface area contributed by atoms with Gasteiger partial charge < -0.3 is 15.8 Å². The number of anilines is 2. The first-order valence-electron chi connectivity index (χ1n) is 7.33. The lowest BCUT2D eigenvalue weighted by molar-refractivity contribution is -0.117. The predicted molar refractivity (Wildman–Crippen MR) is 83.4 cm³/mol. The Balaban J connectivity index is 1.48. The maximum Gasteiger partial charge on any atom is 0.225 e. The van der Waals surface area contributed by atoms with Gasteiger partial charge in [0.05, 0.1) is 23.6 Å². The van der Waals surface area contributed by atoms with Gasteiger partial charge in [-0.05, 0) is 31.0 Å². The highest BCUT2D eigenvalue weighted by atomic mass is 35.5. The van der Waals surface area contributed by atoms with E-state index in [1.807, 2.05) is 0 Å². The molecule has 0 saturated carbocycles. The molecule has 0 radical (unpaired) electrons. The minimum absolute atomic E-state index is 0.0251. The van der Waals surface area contributed by atoms with E-state index >= 15 is 0 Å². The van der Waals surface area contributed by atoms with E-state index in [0.717, 1.165) is 32.5 Å². The van der Waals surface area contributed by atoms with Crippen LogP contribution < -0.4 is 11.1 Å². The quantitative estimate of drug-likeness (QED) is 0.836. The molecular weight excluding hydrogens is 290 g/mol. The number of carbonyl (C=O) groups excluding carboxylic acids is 1. The molecule has 2 atom stereocenters. The molecule has 2 aliphatic heterocycles. The van der Waals surface area contributed by atoms with Gasteiger partial charge in [0.1, 0.15) is 0 Å². The van der Waals surface area contributed by atoms with Gasteiger partial charge in [-0.25, -0.2) is 0 Å². The van der Waals surface area contributed by atoms with E-state index in [1.165, 1.54) is 0 Å². The van der Waals surface area contributed by atoms with E-state index in [4.69, 9.17) is 22.1 Å². The molecule has 0 aromatic heterocycles. The van der Waals surface area contributed by atoms with Gasteiger partial charge in [0.2, 0.25) is 5.91 Å². The van der Waals surface area contributed by atoms with Gasteiger partial charge in [0.25, 0.3) is 0 Å². The van der Waals surface area contributed by atoms with Crippen molar-refractivity contribution in [2.75, 3.05) is 30.7 Å². The Morgan fingerprint density at radius 3 is 2.76 bits per heavy atom. The largest absolute Gasteiger partial charge is 0.397 e. The highest BCUT2D eigenvalue weighted by Crippen LogP contribution is 2.26. The third-order valence-corrected chi connectivity index (χ3v) is 4.30. The van der Waals surface area contributed by atoms with Crippen molar-refractivity contribution in [3.8, 4) is 0 Å². The number of nitrogens with one attached hydrogen (secondary N) is 1. The fourth-order valence-electron chi connectivity index (χ4n) is 3.00. The maximum absolute atomic E-state index is 12.0. The summed E-state index contributed by atoms with van der Waals surface area (Å²) >= 11 is 5.84. The number of hydrogen-bond donors (Lipinski definition) is 2. The zero-order chi connectivity index (χ0) is 14.8. The molecule has 3 N–H and O–H groups in total. The molecule has 6 heteroatoms. The third-order valence-electron chi connectivity index (χ3n) is 4.06. The smallest absolute Gasteiger partial charge is 0.225 e. The first-order chi connectivity index (χ1) is 10.1. The van der Waals surface area contributed by atoms with E-state index in [0.29, 0.717) is 35.0 Å². The average molecular weight is 310 g/mol. The van der Waals surface area contributed by atoms with Crippen LogP contribution in [0.3, 0.4) is 0 Å². The summed E-state index contributed by atoms with van der Waals surface area (Å²) < 4.78 is 5.79. The summed E-state index contributed by atoms with van der Waals surface area (Å²) in [7, 11) is 0. The number of rotatable bonds is 4. The molecule has 3 rings (SSSR count). The number of hydrogen-bond acceptors (Lipinski definition) is 4. The Morgan fingerprint density at radius 1 is 1.38 bits per heavy atom. The molecule has 2 heterocycles. The molecule has 2 unspecified atom stereocenters. The van der Waals surface area contributed by atoms with Crippen molar-refractivity contribution in [1.82, 2.24) is 4.90 Å². The van der Waals surface area contributed by atoms with E-state index in [9.17, 15) is 4.79 Å². The molecule has 114 valence electrons. The molecule has 21 heavy (non-hydrogen) atoms. The van der Waals surface area contributed by atoms with E-state index in [2.05, 4.69) is 10.2 Å². The van der Waals surface area contributed by atoms with Crippen molar-refractivity contribution >= 4 is 28.9 Å². The molecule has 1 aromatic carbocycles. The minimum Gasteiger partial charge on any atom is -0.397 e. The van der Waals surface area contributed by atoms with Crippen LogP contribution in [0.15, 0.2) is 18.2 Å². The number of nitrogen functional groups attached to an aromatic ring is 1. The second kappa shape index (κ2) is 6.22. The van der Waals surface area contributed by atoms with Crippen LogP contribution in [0.5, 0.6) is 0 Å². The van der Waals surface area contributed by atoms with Gasteiger partial charge in [0, 0.05) is 31.1 Å². The standard InChI is InChI=1S/C15H20ClN3O2/c16-10-1-4-14(13(17)7-10)18-15(20)5-6-19-8-11-2-3-12(9-19)21-11/h1,4,7,11-12H,2-3,5-6,8-9,17H2,(H,18,20). The van der Waals surface area contributed by atoms with Crippen LogP contribution in [-0.2, 0) is 9.53 Å². The zero-order valence-corrected chi connectivity index (χ0v) is 12.6. The molecule has 5 nitrogen and oxygen atoms in total. The molecule has 2 bridgehead atoms. The van der Waals surface area contributed by atoms with Crippen molar-refractivity contribution in [1.29, 1.82) is 0 Å². The number of fused-ring (bicyclic) bond motifs is 2. The number of amides is 1. The van der Waals surface area contributed by atoms with Crippen LogP contribution in [-0.4, -0.2) is 42.6 Å². The molecule has 2 aliphatic rings. The molecule has 2 fully saturated rings. The van der Waals surface area contributed by atoms with Gasteiger partial charge in [0.15, 0.2) is 0 Å². The predicted octanol–water partition coefficient (Wildman–Crippen LogP) is 2.11. The Labute approximate surface area is 129 Å². The van der Waals surface area contributed by atoms with E-state index < -0.39 is 0 Å². The maximum atomic E-state index is 12.0. The minimum atomic E-state index is -0.0251. The molecular formula is C15H20ClN3O2. The normalized spacial score (nSPS) is 25.0. The molecule has 2 saturated heterocycles. The second-order valence-corrected chi connectivity index (χ2v) is 6.18. The van der Waals surface area contributed by atoms with Crippen LogP contribution in [0.4, 0.5) is 11.4 Å².